The molecule has 4 atom stereocenters. The van der Waals surface area contributed by atoms with E-state index in [0.717, 1.165) is 29.1 Å². The SMILES string of the molecule is COC(=O)C[C@H](NC(=O)OC(C)(C)C)[C@@H](NC(C)=O)[C@H](CO)OCOCCCSCCN.C[C@H](O)CNC(=O)c1ccc(-c2ccccc2)cc1. The van der Waals surface area contributed by atoms with Gasteiger partial charge in [0, 0.05) is 31.3 Å². The third-order valence-corrected chi connectivity index (χ3v) is 7.82. The average Bonchev–Trinajstić information content (AvgIpc) is 3.08. The molecule has 0 radical (unpaired) electrons. The van der Waals surface area contributed by atoms with Gasteiger partial charge in [0.2, 0.25) is 5.91 Å². The van der Waals surface area contributed by atoms with Gasteiger partial charge in [-0.1, -0.05) is 42.5 Å². The predicted molar refractivity (Wildman–Crippen MR) is 197 cm³/mol. The maximum Gasteiger partial charge on any atom is 0.407 e. The number of thioether (sulfide) groups is 1. The lowest BCUT2D eigenvalue weighted by atomic mass is 9.99. The Morgan fingerprint density at radius 2 is 1.61 bits per heavy atom. The molecule has 14 nitrogen and oxygen atoms in total. The molecular formula is C36H56N4O10S. The van der Waals surface area contributed by atoms with Crippen molar-refractivity contribution in [1.82, 2.24) is 16.0 Å². The van der Waals surface area contributed by atoms with E-state index in [9.17, 15) is 24.3 Å². The fourth-order valence-electron chi connectivity index (χ4n) is 4.38. The van der Waals surface area contributed by atoms with E-state index in [4.69, 9.17) is 29.8 Å². The molecule has 0 heterocycles. The topological polar surface area (TPSA) is 208 Å². The maximum atomic E-state index is 12.3. The highest BCUT2D eigenvalue weighted by molar-refractivity contribution is 7.99. The van der Waals surface area contributed by atoms with E-state index < -0.39 is 54.5 Å². The standard InChI is InChI=1S/C20H39N3O8S.C16H17NO2/c1-14(25)22-18(16(12-24)30-13-29-8-6-9-32-10-7-21)15(11-17(26)28-5)23-19(27)31-20(2,3)4;1-12(18)11-17-16(19)15-9-7-14(8-10-15)13-5-3-2-4-6-13/h15-16,18,24H,6-13,21H2,1-5H3,(H,22,25)(H,23,27);2-10,12,18H,11H2,1H3,(H,17,19)/t15-,16-,18+;12-/m00/s1. The summed E-state index contributed by atoms with van der Waals surface area (Å²) in [6, 6.07) is 15.5. The smallest absolute Gasteiger partial charge is 0.407 e. The molecule has 15 heteroatoms. The molecule has 51 heavy (non-hydrogen) atoms. The van der Waals surface area contributed by atoms with Crippen molar-refractivity contribution in [1.29, 1.82) is 0 Å². The van der Waals surface area contributed by atoms with Gasteiger partial charge >= 0.3 is 12.1 Å². The summed E-state index contributed by atoms with van der Waals surface area (Å²) in [6.07, 6.45) is -1.76. The van der Waals surface area contributed by atoms with Gasteiger partial charge in [-0.2, -0.15) is 11.8 Å². The molecule has 0 aliphatic heterocycles. The number of aliphatic hydroxyl groups is 2. The van der Waals surface area contributed by atoms with Crippen LogP contribution in [0.5, 0.6) is 0 Å². The van der Waals surface area contributed by atoms with Crippen LogP contribution >= 0.6 is 11.8 Å². The molecule has 2 rings (SSSR count). The number of methoxy groups -OCH3 is 1. The van der Waals surface area contributed by atoms with Crippen molar-refractivity contribution in [2.75, 3.05) is 51.7 Å². The minimum absolute atomic E-state index is 0.139. The molecule has 0 bridgehead atoms. The van der Waals surface area contributed by atoms with Crippen molar-refractivity contribution in [2.24, 2.45) is 5.73 Å². The lowest BCUT2D eigenvalue weighted by Crippen LogP contribution is -2.59. The van der Waals surface area contributed by atoms with Crippen LogP contribution in [0.25, 0.3) is 11.1 Å². The molecule has 286 valence electrons. The second-order valence-corrected chi connectivity index (χ2v) is 13.7. The van der Waals surface area contributed by atoms with Crippen molar-refractivity contribution in [3.8, 4) is 11.1 Å². The number of esters is 1. The highest BCUT2D eigenvalue weighted by Crippen LogP contribution is 2.19. The highest BCUT2D eigenvalue weighted by Gasteiger charge is 2.35. The van der Waals surface area contributed by atoms with Crippen LogP contribution in [-0.2, 0) is 28.5 Å². The first-order valence-corrected chi connectivity index (χ1v) is 17.9. The minimum atomic E-state index is -0.967. The fourth-order valence-corrected chi connectivity index (χ4v) is 5.07. The monoisotopic (exact) mass is 736 g/mol. The number of nitrogens with one attached hydrogen (secondary N) is 3. The Labute approximate surface area is 305 Å². The van der Waals surface area contributed by atoms with Gasteiger partial charge in [-0.3, -0.25) is 14.4 Å². The quantitative estimate of drug-likeness (QED) is 0.0659. The van der Waals surface area contributed by atoms with E-state index in [1.54, 1.807) is 51.6 Å². The lowest BCUT2D eigenvalue weighted by molar-refractivity contribution is -0.143. The Balaban J connectivity index is 0.000000575. The number of benzene rings is 2. The van der Waals surface area contributed by atoms with E-state index in [1.807, 2.05) is 42.5 Å². The van der Waals surface area contributed by atoms with Crippen molar-refractivity contribution in [2.45, 2.75) is 77.4 Å². The number of nitrogens with two attached hydrogens (primary N) is 1. The largest absolute Gasteiger partial charge is 0.469 e. The summed E-state index contributed by atoms with van der Waals surface area (Å²) in [5.41, 5.74) is 7.46. The molecule has 0 spiro atoms. The predicted octanol–water partition coefficient (Wildman–Crippen LogP) is 2.85. The molecule has 0 saturated heterocycles. The molecule has 2 aromatic rings. The number of carbonyl (C=O) groups excluding carboxylic acids is 4. The Hall–Kier alpha value is -3.73. The normalized spacial score (nSPS) is 13.4. The van der Waals surface area contributed by atoms with Crippen LogP contribution in [0.4, 0.5) is 4.79 Å². The van der Waals surface area contributed by atoms with Gasteiger partial charge in [0.05, 0.1) is 44.9 Å². The van der Waals surface area contributed by atoms with Crippen LogP contribution < -0.4 is 21.7 Å². The van der Waals surface area contributed by atoms with Crippen molar-refractivity contribution >= 4 is 35.6 Å². The molecule has 0 saturated carbocycles. The van der Waals surface area contributed by atoms with Crippen LogP contribution in [0.3, 0.4) is 0 Å². The number of ether oxygens (including phenoxy) is 4. The third kappa shape index (κ3) is 20.6. The highest BCUT2D eigenvalue weighted by atomic mass is 32.2. The zero-order chi connectivity index (χ0) is 38.2. The molecule has 3 amide bonds. The zero-order valence-electron chi connectivity index (χ0n) is 30.5. The summed E-state index contributed by atoms with van der Waals surface area (Å²) in [7, 11) is 1.21. The summed E-state index contributed by atoms with van der Waals surface area (Å²) in [6.45, 7) is 8.70. The molecular weight excluding hydrogens is 680 g/mol. The van der Waals surface area contributed by atoms with Gasteiger partial charge in [-0.15, -0.1) is 0 Å². The number of alkyl carbamates (subject to hydrolysis) is 1. The van der Waals surface area contributed by atoms with Crippen LogP contribution in [0.1, 0.15) is 57.8 Å². The summed E-state index contributed by atoms with van der Waals surface area (Å²) in [5.74, 6) is 0.560. The molecule has 2 aromatic carbocycles. The summed E-state index contributed by atoms with van der Waals surface area (Å²) < 4.78 is 21.0. The molecule has 0 aromatic heterocycles. The second-order valence-electron chi connectivity index (χ2n) is 12.4. The van der Waals surface area contributed by atoms with Gasteiger partial charge in [0.15, 0.2) is 0 Å². The maximum absolute atomic E-state index is 12.3. The summed E-state index contributed by atoms with van der Waals surface area (Å²) >= 11 is 1.73. The van der Waals surface area contributed by atoms with E-state index in [2.05, 4.69) is 16.0 Å². The number of rotatable bonds is 20. The molecule has 0 aliphatic carbocycles. The number of hydrogen-bond acceptors (Lipinski definition) is 12. The summed E-state index contributed by atoms with van der Waals surface area (Å²) in [4.78, 5) is 47.8. The third-order valence-electron chi connectivity index (χ3n) is 6.72. The first-order chi connectivity index (χ1) is 24.2. The Bertz CT molecular complexity index is 1290. The fraction of sp³-hybridized carbons (Fsp3) is 0.556. The zero-order valence-corrected chi connectivity index (χ0v) is 31.3. The molecule has 0 unspecified atom stereocenters. The molecule has 0 fully saturated rings. The van der Waals surface area contributed by atoms with Crippen LogP contribution in [0, 0.1) is 0 Å². The first kappa shape index (κ1) is 45.3. The van der Waals surface area contributed by atoms with Crippen molar-refractivity contribution in [3.05, 3.63) is 60.2 Å². The Morgan fingerprint density at radius 3 is 2.16 bits per heavy atom. The lowest BCUT2D eigenvalue weighted by Gasteiger charge is -2.33. The Kier molecular flexibility index (Phi) is 22.4. The van der Waals surface area contributed by atoms with Gasteiger partial charge in [-0.05, 0) is 63.1 Å². The van der Waals surface area contributed by atoms with Gasteiger partial charge in [0.25, 0.3) is 5.91 Å². The van der Waals surface area contributed by atoms with Crippen molar-refractivity contribution in [3.63, 3.8) is 0 Å². The summed E-state index contributed by atoms with van der Waals surface area (Å²) in [5, 5.41) is 26.9. The number of carbonyl (C=O) groups is 4. The number of hydrogen-bond donors (Lipinski definition) is 6. The van der Waals surface area contributed by atoms with Gasteiger partial charge < -0.3 is 50.8 Å². The van der Waals surface area contributed by atoms with E-state index in [-0.39, 0.29) is 25.7 Å². The number of amides is 3. The van der Waals surface area contributed by atoms with Crippen LogP contribution in [0.15, 0.2) is 54.6 Å². The van der Waals surface area contributed by atoms with Crippen molar-refractivity contribution < 1.29 is 48.3 Å². The van der Waals surface area contributed by atoms with Crippen LogP contribution in [0.2, 0.25) is 0 Å². The number of aliphatic hydroxyl groups excluding tert-OH is 2. The van der Waals surface area contributed by atoms with Crippen LogP contribution in [-0.4, -0.2) is 116 Å². The van der Waals surface area contributed by atoms with Gasteiger partial charge in [0.1, 0.15) is 18.5 Å². The average molecular weight is 737 g/mol. The van der Waals surface area contributed by atoms with E-state index in [0.29, 0.717) is 18.7 Å². The van der Waals surface area contributed by atoms with E-state index >= 15 is 0 Å². The minimum Gasteiger partial charge on any atom is -0.469 e. The Morgan fingerprint density at radius 1 is 0.961 bits per heavy atom. The second kappa shape index (κ2) is 25.3. The van der Waals surface area contributed by atoms with E-state index in [1.165, 1.54) is 14.0 Å². The molecule has 0 aliphatic rings. The first-order valence-electron chi connectivity index (χ1n) is 16.7. The molecule has 7 N–H and O–H groups in total. The van der Waals surface area contributed by atoms with Gasteiger partial charge in [-0.25, -0.2) is 4.79 Å².